The molecule has 1 unspecified atom stereocenters. The Balaban J connectivity index is 2.29. The first-order valence-electron chi connectivity index (χ1n) is 5.86. The molecule has 0 amide bonds. The van der Waals surface area contributed by atoms with Crippen LogP contribution in [0.3, 0.4) is 0 Å². The van der Waals surface area contributed by atoms with E-state index in [1.807, 2.05) is 0 Å². The van der Waals surface area contributed by atoms with Crippen molar-refractivity contribution in [2.45, 2.75) is 44.4 Å². The molecule has 1 N–H and O–H groups in total. The van der Waals surface area contributed by atoms with Gasteiger partial charge in [-0.1, -0.05) is 0 Å². The maximum Gasteiger partial charge on any atom is 0.156 e. The third-order valence-corrected chi connectivity index (χ3v) is 5.50. The molecule has 1 rings (SSSR count). The molecular weight excluding hydrogens is 226 g/mol. The van der Waals surface area contributed by atoms with E-state index in [0.29, 0.717) is 19.2 Å². The zero-order valence-corrected chi connectivity index (χ0v) is 11.3. The summed E-state index contributed by atoms with van der Waals surface area (Å²) in [6, 6.07) is 0.323. The predicted molar refractivity (Wildman–Crippen MR) is 65.4 cm³/mol. The van der Waals surface area contributed by atoms with E-state index >= 15 is 0 Å². The van der Waals surface area contributed by atoms with E-state index in [4.69, 9.17) is 4.74 Å². The van der Waals surface area contributed by atoms with Crippen molar-refractivity contribution in [2.24, 2.45) is 0 Å². The first-order chi connectivity index (χ1) is 7.33. The largest absolute Gasteiger partial charge is 0.380 e. The molecule has 0 aromatic rings. The van der Waals surface area contributed by atoms with Gasteiger partial charge in [-0.3, -0.25) is 0 Å². The molecule has 0 aromatic carbocycles. The van der Waals surface area contributed by atoms with Crippen LogP contribution in [-0.2, 0) is 14.6 Å². The molecule has 1 aliphatic heterocycles. The van der Waals surface area contributed by atoms with Gasteiger partial charge in [-0.2, -0.15) is 0 Å². The average Bonchev–Trinajstić information content (AvgIpc) is 2.17. The number of sulfone groups is 1. The summed E-state index contributed by atoms with van der Waals surface area (Å²) in [7, 11) is -3.00. The molecule has 1 aliphatic rings. The molecule has 16 heavy (non-hydrogen) atoms. The van der Waals surface area contributed by atoms with Crippen LogP contribution in [0.4, 0.5) is 0 Å². The summed E-state index contributed by atoms with van der Waals surface area (Å²) in [5.74, 6) is 0.201. The van der Waals surface area contributed by atoms with E-state index in [-0.39, 0.29) is 5.75 Å². The van der Waals surface area contributed by atoms with E-state index in [1.54, 1.807) is 20.8 Å². The summed E-state index contributed by atoms with van der Waals surface area (Å²) in [4.78, 5) is 0. The zero-order chi connectivity index (χ0) is 12.2. The van der Waals surface area contributed by atoms with Gasteiger partial charge in [-0.25, -0.2) is 8.42 Å². The van der Waals surface area contributed by atoms with Crippen molar-refractivity contribution in [2.75, 3.05) is 25.5 Å². The molecule has 4 nitrogen and oxygen atoms in total. The Kier molecular flexibility index (Phi) is 4.76. The lowest BCUT2D eigenvalue weighted by atomic mass is 10.1. The van der Waals surface area contributed by atoms with Crippen LogP contribution in [0, 0.1) is 0 Å². The summed E-state index contributed by atoms with van der Waals surface area (Å²) < 4.78 is 28.3. The summed E-state index contributed by atoms with van der Waals surface area (Å²) in [5.41, 5.74) is 0. The number of hydrogen-bond donors (Lipinski definition) is 1. The van der Waals surface area contributed by atoms with Crippen LogP contribution >= 0.6 is 0 Å². The molecule has 5 heteroatoms. The van der Waals surface area contributed by atoms with Crippen LogP contribution < -0.4 is 5.32 Å². The van der Waals surface area contributed by atoms with E-state index in [1.165, 1.54) is 0 Å². The minimum Gasteiger partial charge on any atom is -0.380 e. The smallest absolute Gasteiger partial charge is 0.156 e. The molecule has 1 saturated heterocycles. The molecule has 1 fully saturated rings. The minimum absolute atomic E-state index is 0.201. The Morgan fingerprint density at radius 3 is 2.56 bits per heavy atom. The van der Waals surface area contributed by atoms with Crippen molar-refractivity contribution in [3.8, 4) is 0 Å². The average molecular weight is 249 g/mol. The van der Waals surface area contributed by atoms with Crippen LogP contribution in [0.1, 0.15) is 33.6 Å². The van der Waals surface area contributed by atoms with Gasteiger partial charge >= 0.3 is 0 Å². The van der Waals surface area contributed by atoms with Gasteiger partial charge in [0, 0.05) is 19.2 Å². The van der Waals surface area contributed by atoms with Crippen molar-refractivity contribution in [1.82, 2.24) is 5.32 Å². The molecular formula is C11H23NO3S. The van der Waals surface area contributed by atoms with Gasteiger partial charge in [-0.15, -0.1) is 0 Å². The maximum absolute atomic E-state index is 11.8. The Labute approximate surface area is 98.7 Å². The molecule has 1 atom stereocenters. The van der Waals surface area contributed by atoms with E-state index < -0.39 is 14.6 Å². The maximum atomic E-state index is 11.8. The fourth-order valence-electron chi connectivity index (χ4n) is 1.61. The fourth-order valence-corrected chi connectivity index (χ4v) is 2.60. The van der Waals surface area contributed by atoms with Gasteiger partial charge in [0.05, 0.1) is 17.1 Å². The quantitative estimate of drug-likeness (QED) is 0.806. The highest BCUT2D eigenvalue weighted by Crippen LogP contribution is 2.15. The second kappa shape index (κ2) is 5.47. The second-order valence-electron chi connectivity index (χ2n) is 5.30. The highest BCUT2D eigenvalue weighted by atomic mass is 32.2. The molecule has 0 aliphatic carbocycles. The Bertz CT molecular complexity index is 300. The summed E-state index contributed by atoms with van der Waals surface area (Å²) in [6.45, 7) is 7.28. The summed E-state index contributed by atoms with van der Waals surface area (Å²) in [6.07, 6.45) is 2.14. The third-order valence-electron chi connectivity index (χ3n) is 2.90. The van der Waals surface area contributed by atoms with Gasteiger partial charge in [0.2, 0.25) is 0 Å². The van der Waals surface area contributed by atoms with Crippen LogP contribution in [0.25, 0.3) is 0 Å². The number of ether oxygens (including phenoxy) is 1. The molecule has 96 valence electrons. The molecule has 1 heterocycles. The Morgan fingerprint density at radius 1 is 1.38 bits per heavy atom. The SMILES string of the molecule is CC(C)(C)S(=O)(=O)CCNC1CCCOC1. The summed E-state index contributed by atoms with van der Waals surface area (Å²) >= 11 is 0. The number of rotatable bonds is 4. The topological polar surface area (TPSA) is 55.4 Å². The van der Waals surface area contributed by atoms with Gasteiger partial charge in [0.25, 0.3) is 0 Å². The van der Waals surface area contributed by atoms with Crippen LogP contribution in [-0.4, -0.2) is 44.7 Å². The zero-order valence-electron chi connectivity index (χ0n) is 10.5. The minimum atomic E-state index is -3.00. The van der Waals surface area contributed by atoms with Crippen molar-refractivity contribution in [3.63, 3.8) is 0 Å². The predicted octanol–water partition coefficient (Wildman–Crippen LogP) is 0.968. The lowest BCUT2D eigenvalue weighted by Crippen LogP contribution is -2.41. The standard InChI is InChI=1S/C11H23NO3S/c1-11(2,3)16(13,14)8-6-12-10-5-4-7-15-9-10/h10,12H,4-9H2,1-3H3. The Morgan fingerprint density at radius 2 is 2.06 bits per heavy atom. The highest BCUT2D eigenvalue weighted by molar-refractivity contribution is 7.92. The van der Waals surface area contributed by atoms with Gasteiger partial charge in [-0.05, 0) is 33.6 Å². The fraction of sp³-hybridized carbons (Fsp3) is 1.00. The third kappa shape index (κ3) is 4.03. The second-order valence-corrected chi connectivity index (χ2v) is 8.16. The molecule has 0 radical (unpaired) electrons. The molecule has 0 saturated carbocycles. The molecule has 0 spiro atoms. The Hall–Kier alpha value is -0.130. The first-order valence-corrected chi connectivity index (χ1v) is 7.51. The number of nitrogens with one attached hydrogen (secondary N) is 1. The van der Waals surface area contributed by atoms with Crippen LogP contribution in [0.2, 0.25) is 0 Å². The van der Waals surface area contributed by atoms with Crippen molar-refractivity contribution in [1.29, 1.82) is 0 Å². The van der Waals surface area contributed by atoms with Gasteiger partial charge in [0.1, 0.15) is 0 Å². The van der Waals surface area contributed by atoms with E-state index in [9.17, 15) is 8.42 Å². The highest BCUT2D eigenvalue weighted by Gasteiger charge is 2.28. The van der Waals surface area contributed by atoms with E-state index in [0.717, 1.165) is 19.4 Å². The number of hydrogen-bond acceptors (Lipinski definition) is 4. The van der Waals surface area contributed by atoms with Crippen molar-refractivity contribution < 1.29 is 13.2 Å². The van der Waals surface area contributed by atoms with E-state index in [2.05, 4.69) is 5.32 Å². The monoisotopic (exact) mass is 249 g/mol. The van der Waals surface area contributed by atoms with Gasteiger partial charge in [0.15, 0.2) is 9.84 Å². The molecule has 0 bridgehead atoms. The van der Waals surface area contributed by atoms with Gasteiger partial charge < -0.3 is 10.1 Å². The molecule has 0 aromatic heterocycles. The van der Waals surface area contributed by atoms with Crippen molar-refractivity contribution in [3.05, 3.63) is 0 Å². The van der Waals surface area contributed by atoms with Crippen molar-refractivity contribution >= 4 is 9.84 Å². The lowest BCUT2D eigenvalue weighted by molar-refractivity contribution is 0.0712. The first kappa shape index (κ1) is 13.9. The van der Waals surface area contributed by atoms with Crippen LogP contribution in [0.15, 0.2) is 0 Å². The lowest BCUT2D eigenvalue weighted by Gasteiger charge is -2.24. The normalized spacial score (nSPS) is 23.3. The summed E-state index contributed by atoms with van der Waals surface area (Å²) in [5, 5.41) is 3.25. The van der Waals surface area contributed by atoms with Crippen LogP contribution in [0.5, 0.6) is 0 Å².